The van der Waals surface area contributed by atoms with E-state index in [1.165, 1.54) is 0 Å². The van der Waals surface area contributed by atoms with Gasteiger partial charge in [0.1, 0.15) is 0 Å². The van der Waals surface area contributed by atoms with Crippen LogP contribution in [0.15, 0.2) is 0 Å². The molecule has 2 aliphatic rings. The second-order valence-electron chi connectivity index (χ2n) is 7.35. The van der Waals surface area contributed by atoms with E-state index in [9.17, 15) is 19.5 Å². The molecule has 7 heteroatoms. The standard InChI is InChI=1S/C19H33N3O4/c1-3-9-20-17(24)8-6-10-21-13-14(23)12-16(21)19(26)15-7-5-11-22(15)18(25)4-2/h14-16,23H,3-13H2,1-2H3,(H,20,24). The summed E-state index contributed by atoms with van der Waals surface area (Å²) in [5.74, 6) is 0.111. The molecule has 26 heavy (non-hydrogen) atoms. The summed E-state index contributed by atoms with van der Waals surface area (Å²) in [5, 5.41) is 12.9. The molecule has 0 aromatic rings. The molecule has 0 radical (unpaired) electrons. The van der Waals surface area contributed by atoms with E-state index >= 15 is 0 Å². The highest BCUT2D eigenvalue weighted by atomic mass is 16.3. The summed E-state index contributed by atoms with van der Waals surface area (Å²) in [5.41, 5.74) is 0. The van der Waals surface area contributed by atoms with Gasteiger partial charge in [-0.05, 0) is 38.6 Å². The zero-order valence-electron chi connectivity index (χ0n) is 16.1. The monoisotopic (exact) mass is 367 g/mol. The largest absolute Gasteiger partial charge is 0.392 e. The number of ketones is 1. The fourth-order valence-corrected chi connectivity index (χ4v) is 4.00. The lowest BCUT2D eigenvalue weighted by Gasteiger charge is -2.29. The highest BCUT2D eigenvalue weighted by Gasteiger charge is 2.42. The number of aliphatic hydroxyl groups excluding tert-OH is 1. The van der Waals surface area contributed by atoms with Crippen LogP contribution in [-0.4, -0.2) is 76.9 Å². The number of hydrogen-bond acceptors (Lipinski definition) is 5. The number of nitrogens with zero attached hydrogens (tertiary/aromatic N) is 2. The van der Waals surface area contributed by atoms with Gasteiger partial charge in [0.15, 0.2) is 5.78 Å². The van der Waals surface area contributed by atoms with E-state index in [0.29, 0.717) is 58.3 Å². The summed E-state index contributed by atoms with van der Waals surface area (Å²) in [6.45, 7) is 6.24. The predicted octanol–water partition coefficient (Wildman–Crippen LogP) is 0.698. The minimum absolute atomic E-state index is 0.0264. The molecule has 0 spiro atoms. The number of carbonyl (C=O) groups excluding carboxylic acids is 3. The molecule has 2 saturated heterocycles. The number of rotatable bonds is 9. The van der Waals surface area contributed by atoms with Gasteiger partial charge in [-0.15, -0.1) is 0 Å². The Morgan fingerprint density at radius 1 is 1.19 bits per heavy atom. The maximum Gasteiger partial charge on any atom is 0.222 e. The van der Waals surface area contributed by atoms with Crippen molar-refractivity contribution in [3.05, 3.63) is 0 Å². The Balaban J connectivity index is 1.90. The van der Waals surface area contributed by atoms with E-state index < -0.39 is 6.10 Å². The minimum Gasteiger partial charge on any atom is -0.392 e. The van der Waals surface area contributed by atoms with Crippen molar-refractivity contribution in [1.82, 2.24) is 15.1 Å². The van der Waals surface area contributed by atoms with Crippen LogP contribution in [0.5, 0.6) is 0 Å². The Hall–Kier alpha value is -1.47. The quantitative estimate of drug-likeness (QED) is 0.626. The van der Waals surface area contributed by atoms with Crippen molar-refractivity contribution >= 4 is 17.6 Å². The molecular formula is C19H33N3O4. The van der Waals surface area contributed by atoms with Crippen molar-refractivity contribution in [2.24, 2.45) is 0 Å². The first-order valence-corrected chi connectivity index (χ1v) is 9.99. The van der Waals surface area contributed by atoms with Crippen molar-refractivity contribution < 1.29 is 19.5 Å². The van der Waals surface area contributed by atoms with Crippen LogP contribution in [0.4, 0.5) is 0 Å². The van der Waals surface area contributed by atoms with E-state index in [0.717, 1.165) is 12.8 Å². The van der Waals surface area contributed by atoms with Crippen LogP contribution in [0, 0.1) is 0 Å². The molecule has 2 fully saturated rings. The summed E-state index contributed by atoms with van der Waals surface area (Å²) in [6.07, 6.45) is 3.88. The molecule has 0 saturated carbocycles. The molecule has 2 aliphatic heterocycles. The van der Waals surface area contributed by atoms with E-state index in [1.54, 1.807) is 4.90 Å². The third kappa shape index (κ3) is 5.27. The third-order valence-corrected chi connectivity index (χ3v) is 5.34. The van der Waals surface area contributed by atoms with E-state index in [4.69, 9.17) is 0 Å². The van der Waals surface area contributed by atoms with E-state index in [2.05, 4.69) is 5.32 Å². The Labute approximate surface area is 156 Å². The predicted molar refractivity (Wildman–Crippen MR) is 98.6 cm³/mol. The number of β-amino-alcohol motifs (C(OH)–C–C–N with tert-alkyl or cyclic N) is 1. The summed E-state index contributed by atoms with van der Waals surface area (Å²) < 4.78 is 0. The fourth-order valence-electron chi connectivity index (χ4n) is 4.00. The van der Waals surface area contributed by atoms with Gasteiger partial charge in [-0.3, -0.25) is 19.3 Å². The third-order valence-electron chi connectivity index (χ3n) is 5.34. The van der Waals surface area contributed by atoms with Crippen LogP contribution >= 0.6 is 0 Å². The molecule has 2 rings (SSSR count). The smallest absolute Gasteiger partial charge is 0.222 e. The van der Waals surface area contributed by atoms with Gasteiger partial charge in [-0.1, -0.05) is 13.8 Å². The van der Waals surface area contributed by atoms with E-state index in [1.807, 2.05) is 18.7 Å². The Morgan fingerprint density at radius 2 is 1.96 bits per heavy atom. The molecule has 3 unspecified atom stereocenters. The highest BCUT2D eigenvalue weighted by molar-refractivity contribution is 5.93. The Kier molecular flexibility index (Phi) is 8.03. The Morgan fingerprint density at radius 3 is 2.65 bits per heavy atom. The second-order valence-corrected chi connectivity index (χ2v) is 7.35. The molecule has 2 amide bonds. The molecule has 0 aromatic heterocycles. The van der Waals surface area contributed by atoms with Gasteiger partial charge in [-0.25, -0.2) is 0 Å². The van der Waals surface area contributed by atoms with Gasteiger partial charge in [0, 0.05) is 32.5 Å². The summed E-state index contributed by atoms with van der Waals surface area (Å²) >= 11 is 0. The number of aliphatic hydroxyl groups is 1. The molecule has 3 atom stereocenters. The van der Waals surface area contributed by atoms with E-state index in [-0.39, 0.29) is 29.7 Å². The Bertz CT molecular complexity index is 511. The van der Waals surface area contributed by atoms with Crippen LogP contribution in [0.2, 0.25) is 0 Å². The maximum atomic E-state index is 13.0. The van der Waals surface area contributed by atoms with Gasteiger partial charge in [0.2, 0.25) is 11.8 Å². The van der Waals surface area contributed by atoms with Gasteiger partial charge in [0.05, 0.1) is 18.2 Å². The molecular weight excluding hydrogens is 334 g/mol. The van der Waals surface area contributed by atoms with Crippen molar-refractivity contribution in [2.45, 2.75) is 77.0 Å². The normalized spacial score (nSPS) is 26.3. The lowest BCUT2D eigenvalue weighted by atomic mass is 10.00. The molecule has 148 valence electrons. The maximum absolute atomic E-state index is 13.0. The first-order chi connectivity index (χ1) is 12.5. The fraction of sp³-hybridized carbons (Fsp3) is 0.842. The lowest BCUT2D eigenvalue weighted by molar-refractivity contribution is -0.139. The molecule has 2 heterocycles. The first kappa shape index (κ1) is 20.8. The van der Waals surface area contributed by atoms with Gasteiger partial charge >= 0.3 is 0 Å². The number of hydrogen-bond donors (Lipinski definition) is 2. The van der Waals surface area contributed by atoms with Gasteiger partial charge in [-0.2, -0.15) is 0 Å². The number of likely N-dealkylation sites (tertiary alicyclic amines) is 2. The van der Waals surface area contributed by atoms with Crippen LogP contribution in [0.25, 0.3) is 0 Å². The average Bonchev–Trinajstić information content (AvgIpc) is 3.25. The van der Waals surface area contributed by atoms with Crippen LogP contribution in [0.1, 0.15) is 58.8 Å². The van der Waals surface area contributed by atoms with Crippen LogP contribution in [0.3, 0.4) is 0 Å². The first-order valence-electron chi connectivity index (χ1n) is 9.99. The molecule has 0 bridgehead atoms. The van der Waals surface area contributed by atoms with Crippen molar-refractivity contribution in [2.75, 3.05) is 26.2 Å². The van der Waals surface area contributed by atoms with Crippen molar-refractivity contribution in [1.29, 1.82) is 0 Å². The average molecular weight is 367 g/mol. The van der Waals surface area contributed by atoms with Crippen LogP contribution in [-0.2, 0) is 14.4 Å². The minimum atomic E-state index is -0.519. The SMILES string of the molecule is CCCNC(=O)CCCN1CC(O)CC1C(=O)C1CCCN1C(=O)CC. The zero-order valence-corrected chi connectivity index (χ0v) is 16.1. The molecule has 0 aliphatic carbocycles. The lowest BCUT2D eigenvalue weighted by Crippen LogP contribution is -2.48. The number of nitrogens with one attached hydrogen (secondary N) is 1. The zero-order chi connectivity index (χ0) is 19.1. The summed E-state index contributed by atoms with van der Waals surface area (Å²) in [6, 6.07) is -0.702. The molecule has 2 N–H and O–H groups in total. The number of Topliss-reactive ketones (excluding diaryl/α,β-unsaturated/α-hetero) is 1. The van der Waals surface area contributed by atoms with Gasteiger partial charge < -0.3 is 15.3 Å². The van der Waals surface area contributed by atoms with Crippen molar-refractivity contribution in [3.63, 3.8) is 0 Å². The topological polar surface area (TPSA) is 90.0 Å². The highest BCUT2D eigenvalue weighted by Crippen LogP contribution is 2.26. The van der Waals surface area contributed by atoms with Crippen LogP contribution < -0.4 is 5.32 Å². The summed E-state index contributed by atoms with van der Waals surface area (Å²) in [7, 11) is 0. The second kappa shape index (κ2) is 10.0. The molecule has 0 aromatic carbocycles. The van der Waals surface area contributed by atoms with Crippen molar-refractivity contribution in [3.8, 4) is 0 Å². The number of carbonyl (C=O) groups is 3. The number of amides is 2. The summed E-state index contributed by atoms with van der Waals surface area (Å²) in [4.78, 5) is 40.6. The molecule has 7 nitrogen and oxygen atoms in total. The van der Waals surface area contributed by atoms with Gasteiger partial charge in [0.25, 0.3) is 0 Å².